The molecule has 0 saturated heterocycles. The molecule has 0 amide bonds. The van der Waals surface area contributed by atoms with Gasteiger partial charge in [-0.15, -0.1) is 0 Å². The number of carbonyl (C=O) groups is 4. The number of phosphoric ester groups is 2. The smallest absolute Gasteiger partial charge is 0.462 e. The van der Waals surface area contributed by atoms with Crippen LogP contribution in [0, 0.1) is 0 Å². The van der Waals surface area contributed by atoms with Crippen LogP contribution in [-0.2, 0) is 65.4 Å². The molecule has 5 atom stereocenters. The highest BCUT2D eigenvalue weighted by Crippen LogP contribution is 2.45. The van der Waals surface area contributed by atoms with Crippen LogP contribution in [0.4, 0.5) is 0 Å². The number of rotatable bonds is 73. The van der Waals surface area contributed by atoms with Crippen molar-refractivity contribution in [1.29, 1.82) is 0 Å². The van der Waals surface area contributed by atoms with E-state index in [0.717, 1.165) is 103 Å². The van der Waals surface area contributed by atoms with E-state index >= 15 is 0 Å². The van der Waals surface area contributed by atoms with E-state index in [9.17, 15) is 43.2 Å². The van der Waals surface area contributed by atoms with Gasteiger partial charge in [0.25, 0.3) is 0 Å². The van der Waals surface area contributed by atoms with Gasteiger partial charge in [0.1, 0.15) is 19.3 Å². The lowest BCUT2D eigenvalue weighted by molar-refractivity contribution is -0.161. The van der Waals surface area contributed by atoms with Crippen LogP contribution >= 0.6 is 15.6 Å². The molecular weight excluding hydrogens is 1200 g/mol. The summed E-state index contributed by atoms with van der Waals surface area (Å²) in [5.74, 6) is -2.12. The number of hydrogen-bond donors (Lipinski definition) is 3. The van der Waals surface area contributed by atoms with E-state index in [2.05, 4.69) is 27.7 Å². The van der Waals surface area contributed by atoms with E-state index in [1.54, 1.807) is 0 Å². The Labute approximate surface area is 556 Å². The minimum atomic E-state index is -4.95. The Bertz CT molecular complexity index is 1740. The molecule has 91 heavy (non-hydrogen) atoms. The topological polar surface area (TPSA) is 237 Å². The molecule has 0 aromatic heterocycles. The Kier molecular flexibility index (Phi) is 65.2. The monoisotopic (exact) mass is 1340 g/mol. The normalized spacial score (nSPS) is 14.0. The third kappa shape index (κ3) is 66.5. The fraction of sp³-hybridized carbons (Fsp3) is 0.944. The van der Waals surface area contributed by atoms with Crippen LogP contribution < -0.4 is 0 Å². The molecule has 0 bridgehead atoms. The summed E-state index contributed by atoms with van der Waals surface area (Å²) in [6, 6.07) is 0. The van der Waals surface area contributed by atoms with E-state index in [1.165, 1.54) is 199 Å². The summed E-state index contributed by atoms with van der Waals surface area (Å²) in [5.41, 5.74) is 0. The van der Waals surface area contributed by atoms with Crippen LogP contribution in [0.15, 0.2) is 0 Å². The highest BCUT2D eigenvalue weighted by atomic mass is 31.2. The second-order valence-electron chi connectivity index (χ2n) is 26.0. The van der Waals surface area contributed by atoms with Crippen LogP contribution in [0.1, 0.15) is 381 Å². The first-order valence-electron chi connectivity index (χ1n) is 37.8. The number of aliphatic hydroxyl groups excluding tert-OH is 1. The Hall–Kier alpha value is -1.94. The van der Waals surface area contributed by atoms with Crippen molar-refractivity contribution in [3.63, 3.8) is 0 Å². The van der Waals surface area contributed by atoms with Gasteiger partial charge in [0.15, 0.2) is 12.2 Å². The number of esters is 4. The minimum absolute atomic E-state index is 0.107. The molecule has 3 N–H and O–H groups in total. The lowest BCUT2D eigenvalue weighted by Gasteiger charge is -2.21. The summed E-state index contributed by atoms with van der Waals surface area (Å²) in [4.78, 5) is 72.5. The van der Waals surface area contributed by atoms with Gasteiger partial charge in [-0.05, 0) is 25.7 Å². The molecule has 0 aliphatic heterocycles. The van der Waals surface area contributed by atoms with Gasteiger partial charge in [0.2, 0.25) is 0 Å². The minimum Gasteiger partial charge on any atom is -0.462 e. The standard InChI is InChI=1S/C72H140O17P2/c1-5-9-13-17-21-24-27-30-32-33-34-35-37-40-43-47-51-55-59-72(77)89-68(63-83-70(75)57-53-49-45-41-39-36-31-28-25-22-18-14-10-6-2)65-87-91(80,81)85-61-66(73)60-84-90(78,79)86-64-67(62-82-69(74)56-52-48-44-20-16-12-8-4)88-71(76)58-54-50-46-42-38-29-26-23-19-15-11-7-3/h66-68,73H,5-65H2,1-4H3,(H,78,79)(H,80,81)/t66-,67+,68+/m0/s1. The maximum absolute atomic E-state index is 13.0. The molecule has 0 saturated carbocycles. The van der Waals surface area contributed by atoms with Gasteiger partial charge in [-0.2, -0.15) is 0 Å². The molecule has 0 spiro atoms. The SMILES string of the molecule is CCCCCCCCCCCCCCCCCCCCC(=O)O[C@H](COC(=O)CCCCCCCCCCCCCCCC)COP(=O)(O)OC[C@@H](O)COP(=O)(O)OC[C@@H](COC(=O)CCCCCCCCC)OC(=O)CCCCCCCCCCCCCC. The quantitative estimate of drug-likeness (QED) is 0.0222. The summed E-state index contributed by atoms with van der Waals surface area (Å²) >= 11 is 0. The lowest BCUT2D eigenvalue weighted by atomic mass is 10.0. The van der Waals surface area contributed by atoms with Crippen molar-refractivity contribution in [2.45, 2.75) is 399 Å². The van der Waals surface area contributed by atoms with E-state index in [4.69, 9.17) is 37.0 Å². The zero-order chi connectivity index (χ0) is 66.8. The molecule has 17 nitrogen and oxygen atoms in total. The van der Waals surface area contributed by atoms with E-state index in [1.807, 2.05) is 0 Å². The van der Waals surface area contributed by atoms with Gasteiger partial charge >= 0.3 is 39.5 Å². The van der Waals surface area contributed by atoms with Crippen molar-refractivity contribution in [3.8, 4) is 0 Å². The molecule has 19 heteroatoms. The maximum atomic E-state index is 13.0. The molecule has 0 aromatic carbocycles. The first-order chi connectivity index (χ1) is 44.2. The number of ether oxygens (including phenoxy) is 4. The molecule has 0 heterocycles. The molecule has 0 rings (SSSR count). The second kappa shape index (κ2) is 66.7. The number of carbonyl (C=O) groups excluding carboxylic acids is 4. The maximum Gasteiger partial charge on any atom is 0.472 e. The van der Waals surface area contributed by atoms with Crippen LogP contribution in [0.3, 0.4) is 0 Å². The number of aliphatic hydroxyl groups is 1. The number of unbranched alkanes of at least 4 members (excludes halogenated alkanes) is 47. The Balaban J connectivity index is 5.19. The molecule has 0 fully saturated rings. The van der Waals surface area contributed by atoms with Gasteiger partial charge < -0.3 is 33.8 Å². The first kappa shape index (κ1) is 89.1. The van der Waals surface area contributed by atoms with E-state index < -0.39 is 97.5 Å². The van der Waals surface area contributed by atoms with E-state index in [-0.39, 0.29) is 25.7 Å². The van der Waals surface area contributed by atoms with Crippen molar-refractivity contribution >= 4 is 39.5 Å². The highest BCUT2D eigenvalue weighted by Gasteiger charge is 2.30. The third-order valence-electron chi connectivity index (χ3n) is 16.9. The highest BCUT2D eigenvalue weighted by molar-refractivity contribution is 7.47. The Morgan fingerprint density at radius 1 is 0.264 bits per heavy atom. The molecule has 2 unspecified atom stereocenters. The molecule has 0 aliphatic carbocycles. The van der Waals surface area contributed by atoms with Gasteiger partial charge in [-0.25, -0.2) is 9.13 Å². The number of phosphoric acid groups is 2. The lowest BCUT2D eigenvalue weighted by Crippen LogP contribution is -2.30. The molecule has 540 valence electrons. The zero-order valence-electron chi connectivity index (χ0n) is 58.8. The van der Waals surface area contributed by atoms with Crippen LogP contribution in [0.2, 0.25) is 0 Å². The predicted molar refractivity (Wildman–Crippen MR) is 368 cm³/mol. The zero-order valence-corrected chi connectivity index (χ0v) is 60.6. The first-order valence-corrected chi connectivity index (χ1v) is 40.8. The molecule has 0 aliphatic rings. The Morgan fingerprint density at radius 3 is 0.648 bits per heavy atom. The van der Waals surface area contributed by atoms with Crippen molar-refractivity contribution in [3.05, 3.63) is 0 Å². The van der Waals surface area contributed by atoms with Crippen molar-refractivity contribution in [2.24, 2.45) is 0 Å². The fourth-order valence-electron chi connectivity index (χ4n) is 11.0. The fourth-order valence-corrected chi connectivity index (χ4v) is 12.6. The molecular formula is C72H140O17P2. The average molecular weight is 1340 g/mol. The van der Waals surface area contributed by atoms with Gasteiger partial charge in [0, 0.05) is 25.7 Å². The Morgan fingerprint density at radius 2 is 0.440 bits per heavy atom. The molecule has 0 aromatic rings. The summed E-state index contributed by atoms with van der Waals surface area (Å²) in [5, 5.41) is 10.6. The summed E-state index contributed by atoms with van der Waals surface area (Å²) in [6.07, 6.45) is 55.5. The van der Waals surface area contributed by atoms with Crippen LogP contribution in [-0.4, -0.2) is 96.7 Å². The third-order valence-corrected chi connectivity index (χ3v) is 18.8. The second-order valence-corrected chi connectivity index (χ2v) is 28.9. The van der Waals surface area contributed by atoms with E-state index in [0.29, 0.717) is 25.7 Å². The molecule has 0 radical (unpaired) electrons. The van der Waals surface area contributed by atoms with Crippen molar-refractivity contribution < 1.29 is 80.2 Å². The number of hydrogen-bond acceptors (Lipinski definition) is 15. The van der Waals surface area contributed by atoms with Gasteiger partial charge in [0.05, 0.1) is 26.4 Å². The average Bonchev–Trinajstić information content (AvgIpc) is 3.70. The summed E-state index contributed by atoms with van der Waals surface area (Å²) in [6.45, 7) is 4.93. The summed E-state index contributed by atoms with van der Waals surface area (Å²) in [7, 11) is -9.90. The predicted octanol–water partition coefficient (Wildman–Crippen LogP) is 21.1. The van der Waals surface area contributed by atoms with Crippen molar-refractivity contribution in [2.75, 3.05) is 39.6 Å². The van der Waals surface area contributed by atoms with Gasteiger partial charge in [-0.1, -0.05) is 329 Å². The summed E-state index contributed by atoms with van der Waals surface area (Å²) < 4.78 is 68.3. The van der Waals surface area contributed by atoms with Crippen LogP contribution in [0.5, 0.6) is 0 Å². The van der Waals surface area contributed by atoms with Crippen LogP contribution in [0.25, 0.3) is 0 Å². The van der Waals surface area contributed by atoms with Crippen molar-refractivity contribution in [1.82, 2.24) is 0 Å². The largest absolute Gasteiger partial charge is 0.472 e. The van der Waals surface area contributed by atoms with Gasteiger partial charge in [-0.3, -0.25) is 37.3 Å².